The van der Waals surface area contributed by atoms with Gasteiger partial charge in [-0.3, -0.25) is 14.5 Å². The Morgan fingerprint density at radius 1 is 1.24 bits per heavy atom. The lowest BCUT2D eigenvalue weighted by molar-refractivity contribution is -0.126. The minimum Gasteiger partial charge on any atom is -0.508 e. The van der Waals surface area contributed by atoms with Crippen molar-refractivity contribution in [2.24, 2.45) is 11.8 Å². The molecule has 2 aromatic carbocycles. The molecule has 7 rings (SSSR count). The molecule has 1 saturated heterocycles. The van der Waals surface area contributed by atoms with E-state index in [2.05, 4.69) is 22.5 Å². The van der Waals surface area contributed by atoms with Gasteiger partial charge in [0.25, 0.3) is 0 Å². The van der Waals surface area contributed by atoms with Crippen LogP contribution in [-0.2, 0) is 21.4 Å². The van der Waals surface area contributed by atoms with Crippen molar-refractivity contribution in [3.8, 4) is 11.5 Å². The van der Waals surface area contributed by atoms with Gasteiger partial charge >= 0.3 is 0 Å². The fraction of sp³-hybridized carbons (Fsp3) is 0.548. The Morgan fingerprint density at radius 2 is 2.05 bits per heavy atom. The Morgan fingerprint density at radius 3 is 2.79 bits per heavy atom. The number of aromatic hydroxyl groups is 1. The minimum absolute atomic E-state index is 0.0472. The van der Waals surface area contributed by atoms with Crippen LogP contribution in [0.4, 0.5) is 5.69 Å². The molecule has 7 nitrogen and oxygen atoms in total. The summed E-state index contributed by atoms with van der Waals surface area (Å²) in [4.78, 5) is 27.8. The van der Waals surface area contributed by atoms with Gasteiger partial charge in [0, 0.05) is 35.2 Å². The van der Waals surface area contributed by atoms with Gasteiger partial charge in [0.2, 0.25) is 12.3 Å². The van der Waals surface area contributed by atoms with E-state index in [0.29, 0.717) is 29.8 Å². The highest BCUT2D eigenvalue weighted by Gasteiger charge is 2.66. The molecule has 1 unspecified atom stereocenters. The van der Waals surface area contributed by atoms with Crippen LogP contribution in [0.25, 0.3) is 0 Å². The third kappa shape index (κ3) is 3.50. The molecule has 38 heavy (non-hydrogen) atoms. The van der Waals surface area contributed by atoms with Gasteiger partial charge < -0.3 is 20.5 Å². The van der Waals surface area contributed by atoms with Crippen molar-refractivity contribution in [2.45, 2.75) is 81.4 Å². The first-order valence-electron chi connectivity index (χ1n) is 14.4. The van der Waals surface area contributed by atoms with Crippen molar-refractivity contribution < 1.29 is 19.4 Å². The SMILES string of the molecule is CCC(C(=O)N[C@@H]1CC[C@H]2[C@H]3Cc4c(O)cc(NC=O)c5c4[C@@]2(CCN3CC2CC2)[C@H]1O5)c1ccccc1. The van der Waals surface area contributed by atoms with Crippen LogP contribution in [0.3, 0.4) is 0 Å². The lowest BCUT2D eigenvalue weighted by Crippen LogP contribution is -2.69. The second-order valence-corrected chi connectivity index (χ2v) is 12.1. The molecule has 2 heterocycles. The summed E-state index contributed by atoms with van der Waals surface area (Å²) in [6.07, 6.45) is 7.45. The van der Waals surface area contributed by atoms with E-state index < -0.39 is 0 Å². The van der Waals surface area contributed by atoms with Gasteiger partial charge in [0.15, 0.2) is 0 Å². The summed E-state index contributed by atoms with van der Waals surface area (Å²) in [5, 5.41) is 17.4. The molecule has 3 N–H and O–H groups in total. The number of nitrogens with one attached hydrogen (secondary N) is 2. The zero-order valence-electron chi connectivity index (χ0n) is 22.0. The molecule has 0 radical (unpaired) electrons. The predicted molar refractivity (Wildman–Crippen MR) is 144 cm³/mol. The van der Waals surface area contributed by atoms with E-state index in [4.69, 9.17) is 4.74 Å². The number of phenolic OH excluding ortho intramolecular Hbond substituents is 1. The number of phenols is 1. The highest BCUT2D eigenvalue weighted by Crippen LogP contribution is 2.65. The van der Waals surface area contributed by atoms with E-state index in [-0.39, 0.29) is 35.1 Å². The van der Waals surface area contributed by atoms with E-state index in [1.807, 2.05) is 30.3 Å². The maximum absolute atomic E-state index is 13.7. The highest BCUT2D eigenvalue weighted by molar-refractivity contribution is 5.84. The number of carbonyl (C=O) groups excluding carboxylic acids is 2. The first kappa shape index (κ1) is 24.0. The summed E-state index contributed by atoms with van der Waals surface area (Å²) in [5.74, 6) is 2.00. The summed E-state index contributed by atoms with van der Waals surface area (Å²) < 4.78 is 6.81. The zero-order valence-corrected chi connectivity index (χ0v) is 22.0. The fourth-order valence-electron chi connectivity index (χ4n) is 8.43. The molecule has 200 valence electrons. The van der Waals surface area contributed by atoms with E-state index >= 15 is 0 Å². The Kier molecular flexibility index (Phi) is 5.69. The molecule has 3 fully saturated rings. The third-order valence-electron chi connectivity index (χ3n) is 10.2. The summed E-state index contributed by atoms with van der Waals surface area (Å²) in [5.41, 5.74) is 3.36. The topological polar surface area (TPSA) is 90.9 Å². The Bertz CT molecular complexity index is 1260. The molecule has 2 saturated carbocycles. The molecule has 3 aliphatic carbocycles. The van der Waals surface area contributed by atoms with Crippen molar-refractivity contribution in [1.29, 1.82) is 0 Å². The number of ether oxygens (including phenoxy) is 1. The molecule has 5 aliphatic rings. The molecule has 2 bridgehead atoms. The van der Waals surface area contributed by atoms with Crippen molar-refractivity contribution in [1.82, 2.24) is 10.2 Å². The molecular formula is C31H37N3O4. The van der Waals surface area contributed by atoms with E-state index in [1.165, 1.54) is 12.8 Å². The number of carbonyl (C=O) groups is 2. The van der Waals surface area contributed by atoms with Crippen LogP contribution in [0.15, 0.2) is 36.4 Å². The van der Waals surface area contributed by atoms with E-state index in [9.17, 15) is 14.7 Å². The maximum Gasteiger partial charge on any atom is 0.227 e. The van der Waals surface area contributed by atoms with Gasteiger partial charge in [-0.2, -0.15) is 0 Å². The van der Waals surface area contributed by atoms with Crippen LogP contribution < -0.4 is 15.4 Å². The molecule has 2 amide bonds. The van der Waals surface area contributed by atoms with Crippen molar-refractivity contribution in [2.75, 3.05) is 18.4 Å². The number of piperidine rings is 1. The fourth-order valence-corrected chi connectivity index (χ4v) is 8.43. The maximum atomic E-state index is 13.7. The number of likely N-dealkylation sites (tertiary alicyclic amines) is 1. The Hall–Kier alpha value is -3.06. The summed E-state index contributed by atoms with van der Waals surface area (Å²) in [7, 11) is 0. The molecule has 2 aromatic rings. The molecule has 2 aliphatic heterocycles. The smallest absolute Gasteiger partial charge is 0.227 e. The predicted octanol–water partition coefficient (Wildman–Crippen LogP) is 4.09. The molecule has 0 aromatic heterocycles. The van der Waals surface area contributed by atoms with Gasteiger partial charge in [0.1, 0.15) is 17.6 Å². The quantitative estimate of drug-likeness (QED) is 0.461. The van der Waals surface area contributed by atoms with Gasteiger partial charge in [-0.1, -0.05) is 37.3 Å². The second-order valence-electron chi connectivity index (χ2n) is 12.1. The minimum atomic E-state index is -0.268. The summed E-state index contributed by atoms with van der Waals surface area (Å²) >= 11 is 0. The Labute approximate surface area is 223 Å². The first-order chi connectivity index (χ1) is 18.5. The molecule has 7 heteroatoms. The first-order valence-corrected chi connectivity index (χ1v) is 14.4. The van der Waals surface area contributed by atoms with Crippen LogP contribution in [0.5, 0.6) is 11.5 Å². The lowest BCUT2D eigenvalue weighted by Gasteiger charge is -2.59. The van der Waals surface area contributed by atoms with Crippen LogP contribution in [-0.4, -0.2) is 53.6 Å². The van der Waals surface area contributed by atoms with Gasteiger partial charge in [-0.05, 0) is 68.9 Å². The standard InChI is InChI=1S/C31H37N3O4/c1-2-20(19-6-4-3-5-7-19)30(37)33-23-11-10-22-25-14-21-26(36)15-24(32-17-35)28-27(21)31(22,29(23)38-28)12-13-34(25)16-18-8-9-18/h3-7,15,17-18,20,22-23,25,29,36H,2,8-14,16H2,1H3,(H,32,35)(H,33,37)/t20?,22-,23+,25+,29-,31-/m0/s1. The van der Waals surface area contributed by atoms with Crippen LogP contribution in [0.2, 0.25) is 0 Å². The van der Waals surface area contributed by atoms with Crippen molar-refractivity contribution in [3.05, 3.63) is 53.1 Å². The molecular weight excluding hydrogens is 478 g/mol. The monoisotopic (exact) mass is 515 g/mol. The number of nitrogens with zero attached hydrogens (tertiary/aromatic N) is 1. The van der Waals surface area contributed by atoms with E-state index in [0.717, 1.165) is 67.8 Å². The normalized spacial score (nSPS) is 31.6. The number of anilines is 1. The summed E-state index contributed by atoms with van der Waals surface area (Å²) in [6.45, 7) is 4.21. The Balaban J connectivity index is 1.27. The second kappa shape index (κ2) is 9.01. The molecule has 6 atom stereocenters. The zero-order chi connectivity index (χ0) is 26.0. The van der Waals surface area contributed by atoms with Gasteiger partial charge in [0.05, 0.1) is 17.6 Å². The largest absolute Gasteiger partial charge is 0.508 e. The number of rotatable bonds is 8. The van der Waals surface area contributed by atoms with Gasteiger partial charge in [-0.25, -0.2) is 0 Å². The number of benzene rings is 2. The third-order valence-corrected chi connectivity index (χ3v) is 10.2. The van der Waals surface area contributed by atoms with Crippen LogP contribution in [0, 0.1) is 11.8 Å². The lowest BCUT2D eigenvalue weighted by atomic mass is 9.51. The number of hydrogen-bond acceptors (Lipinski definition) is 5. The molecule has 1 spiro atoms. The summed E-state index contributed by atoms with van der Waals surface area (Å²) in [6, 6.07) is 11.9. The average Bonchev–Trinajstić information content (AvgIpc) is 3.67. The average molecular weight is 516 g/mol. The van der Waals surface area contributed by atoms with E-state index in [1.54, 1.807) is 6.07 Å². The van der Waals surface area contributed by atoms with Crippen LogP contribution >= 0.6 is 0 Å². The number of amides is 2. The number of hydrogen-bond donors (Lipinski definition) is 3. The van der Waals surface area contributed by atoms with Gasteiger partial charge in [-0.15, -0.1) is 0 Å². The van der Waals surface area contributed by atoms with Crippen molar-refractivity contribution >= 4 is 18.0 Å². The van der Waals surface area contributed by atoms with Crippen LogP contribution in [0.1, 0.15) is 68.1 Å². The highest BCUT2D eigenvalue weighted by atomic mass is 16.5. The van der Waals surface area contributed by atoms with Crippen molar-refractivity contribution in [3.63, 3.8) is 0 Å².